The van der Waals surface area contributed by atoms with Crippen molar-refractivity contribution in [2.45, 2.75) is 70.2 Å². The third-order valence-electron chi connectivity index (χ3n) is 3.56. The lowest BCUT2D eigenvalue weighted by Crippen LogP contribution is -2.20. The van der Waals surface area contributed by atoms with E-state index in [1.807, 2.05) is 6.92 Å². The van der Waals surface area contributed by atoms with Gasteiger partial charge in [0.25, 0.3) is 0 Å². The second kappa shape index (κ2) is 5.78. The molecule has 2 aliphatic rings. The zero-order valence-electron chi connectivity index (χ0n) is 10.1. The summed E-state index contributed by atoms with van der Waals surface area (Å²) in [6.07, 6.45) is 7.53. The van der Waals surface area contributed by atoms with Crippen LogP contribution < -0.4 is 0 Å². The monoisotopic (exact) mass is 226 g/mol. The Balaban J connectivity index is 1.60. The van der Waals surface area contributed by atoms with Gasteiger partial charge in [0.15, 0.2) is 5.78 Å². The van der Waals surface area contributed by atoms with Crippen molar-refractivity contribution in [1.29, 1.82) is 0 Å². The highest BCUT2D eigenvalue weighted by atomic mass is 16.5. The summed E-state index contributed by atoms with van der Waals surface area (Å²) in [5, 5.41) is 0. The first-order valence-electron chi connectivity index (χ1n) is 6.55. The average Bonchev–Trinajstić information content (AvgIpc) is 2.89. The Morgan fingerprint density at radius 1 is 1.31 bits per heavy atom. The van der Waals surface area contributed by atoms with E-state index in [4.69, 9.17) is 9.47 Å². The molecule has 3 unspecified atom stereocenters. The van der Waals surface area contributed by atoms with Gasteiger partial charge < -0.3 is 9.47 Å². The minimum atomic E-state index is -0.112. The molecule has 2 heterocycles. The SMILES string of the molecule is CC1CCC(C(=O)CCCC2CCCO2)O1. The van der Waals surface area contributed by atoms with Crippen LogP contribution in [0.4, 0.5) is 0 Å². The van der Waals surface area contributed by atoms with Gasteiger partial charge in [-0.25, -0.2) is 0 Å². The molecule has 3 heteroatoms. The Morgan fingerprint density at radius 2 is 2.19 bits per heavy atom. The Hall–Kier alpha value is -0.410. The predicted octanol–water partition coefficient (Wildman–Crippen LogP) is 2.47. The van der Waals surface area contributed by atoms with E-state index in [1.165, 1.54) is 12.8 Å². The standard InChI is InChI=1S/C13H22O3/c1-10-7-8-13(16-10)12(14)6-2-4-11-5-3-9-15-11/h10-11,13H,2-9H2,1H3. The van der Waals surface area contributed by atoms with Crippen molar-refractivity contribution in [1.82, 2.24) is 0 Å². The normalized spacial score (nSPS) is 34.4. The molecule has 0 amide bonds. The molecule has 0 spiro atoms. The van der Waals surface area contributed by atoms with Crippen LogP contribution in [0.15, 0.2) is 0 Å². The fourth-order valence-corrected chi connectivity index (χ4v) is 2.58. The number of ether oxygens (including phenoxy) is 2. The van der Waals surface area contributed by atoms with Crippen LogP contribution in [-0.2, 0) is 14.3 Å². The minimum absolute atomic E-state index is 0.112. The summed E-state index contributed by atoms with van der Waals surface area (Å²) >= 11 is 0. The van der Waals surface area contributed by atoms with Gasteiger partial charge in [0, 0.05) is 13.0 Å². The number of carbonyl (C=O) groups is 1. The number of hydrogen-bond acceptors (Lipinski definition) is 3. The molecule has 2 fully saturated rings. The molecule has 16 heavy (non-hydrogen) atoms. The lowest BCUT2D eigenvalue weighted by Gasteiger charge is -2.11. The molecule has 0 aromatic carbocycles. The number of ketones is 1. The molecule has 92 valence electrons. The van der Waals surface area contributed by atoms with Gasteiger partial charge in [-0.1, -0.05) is 0 Å². The summed E-state index contributed by atoms with van der Waals surface area (Å²) in [5.41, 5.74) is 0. The molecule has 0 aromatic rings. The summed E-state index contributed by atoms with van der Waals surface area (Å²) in [7, 11) is 0. The van der Waals surface area contributed by atoms with E-state index < -0.39 is 0 Å². The quantitative estimate of drug-likeness (QED) is 0.722. The summed E-state index contributed by atoms with van der Waals surface area (Å²) in [5.74, 6) is 0.294. The first-order chi connectivity index (χ1) is 7.75. The first kappa shape index (κ1) is 12.1. The molecule has 2 rings (SSSR count). The van der Waals surface area contributed by atoms with Gasteiger partial charge in [0.05, 0.1) is 12.2 Å². The molecule has 2 saturated heterocycles. The zero-order valence-corrected chi connectivity index (χ0v) is 10.1. The van der Waals surface area contributed by atoms with Gasteiger partial charge in [0.1, 0.15) is 6.10 Å². The molecule has 0 radical (unpaired) electrons. The van der Waals surface area contributed by atoms with Crippen molar-refractivity contribution in [3.05, 3.63) is 0 Å². The maximum atomic E-state index is 11.8. The largest absolute Gasteiger partial charge is 0.378 e. The predicted molar refractivity (Wildman–Crippen MR) is 61.4 cm³/mol. The molecular weight excluding hydrogens is 204 g/mol. The van der Waals surface area contributed by atoms with Crippen LogP contribution >= 0.6 is 0 Å². The molecule has 0 aliphatic carbocycles. The van der Waals surface area contributed by atoms with Gasteiger partial charge in [-0.3, -0.25) is 4.79 Å². The lowest BCUT2D eigenvalue weighted by molar-refractivity contribution is -0.129. The van der Waals surface area contributed by atoms with Gasteiger partial charge in [-0.05, 0) is 45.4 Å². The number of Topliss-reactive ketones (excluding diaryl/α,β-unsaturated/α-hetero) is 1. The molecule has 2 aliphatic heterocycles. The highest BCUT2D eigenvalue weighted by molar-refractivity contribution is 5.83. The molecule has 0 aromatic heterocycles. The average molecular weight is 226 g/mol. The van der Waals surface area contributed by atoms with E-state index in [2.05, 4.69) is 0 Å². The van der Waals surface area contributed by atoms with Crippen molar-refractivity contribution < 1.29 is 14.3 Å². The second-order valence-electron chi connectivity index (χ2n) is 5.01. The Bertz CT molecular complexity index is 233. The van der Waals surface area contributed by atoms with E-state index in [0.29, 0.717) is 18.3 Å². The van der Waals surface area contributed by atoms with Gasteiger partial charge in [-0.15, -0.1) is 0 Å². The molecule has 0 saturated carbocycles. The van der Waals surface area contributed by atoms with Crippen LogP contribution in [0.1, 0.15) is 51.9 Å². The van der Waals surface area contributed by atoms with Gasteiger partial charge in [-0.2, -0.15) is 0 Å². The Labute approximate surface area is 97.5 Å². The highest BCUT2D eigenvalue weighted by Gasteiger charge is 2.27. The van der Waals surface area contributed by atoms with Crippen LogP contribution in [0.2, 0.25) is 0 Å². The van der Waals surface area contributed by atoms with E-state index in [9.17, 15) is 4.79 Å². The fourth-order valence-electron chi connectivity index (χ4n) is 2.58. The smallest absolute Gasteiger partial charge is 0.161 e. The van der Waals surface area contributed by atoms with Crippen molar-refractivity contribution in [3.63, 3.8) is 0 Å². The van der Waals surface area contributed by atoms with Crippen molar-refractivity contribution >= 4 is 5.78 Å². The van der Waals surface area contributed by atoms with Gasteiger partial charge >= 0.3 is 0 Å². The van der Waals surface area contributed by atoms with Crippen LogP contribution in [0.25, 0.3) is 0 Å². The Kier molecular flexibility index (Phi) is 4.36. The molecule has 3 atom stereocenters. The Morgan fingerprint density at radius 3 is 2.81 bits per heavy atom. The zero-order chi connectivity index (χ0) is 11.4. The first-order valence-corrected chi connectivity index (χ1v) is 6.55. The maximum Gasteiger partial charge on any atom is 0.161 e. The van der Waals surface area contributed by atoms with Crippen LogP contribution in [0.3, 0.4) is 0 Å². The fraction of sp³-hybridized carbons (Fsp3) is 0.923. The van der Waals surface area contributed by atoms with E-state index in [1.54, 1.807) is 0 Å². The third-order valence-corrected chi connectivity index (χ3v) is 3.56. The van der Waals surface area contributed by atoms with Crippen molar-refractivity contribution in [2.75, 3.05) is 6.61 Å². The maximum absolute atomic E-state index is 11.8. The van der Waals surface area contributed by atoms with Crippen molar-refractivity contribution in [2.24, 2.45) is 0 Å². The second-order valence-corrected chi connectivity index (χ2v) is 5.01. The summed E-state index contributed by atoms with van der Waals surface area (Å²) in [4.78, 5) is 11.8. The van der Waals surface area contributed by atoms with E-state index in [0.717, 1.165) is 32.3 Å². The van der Waals surface area contributed by atoms with Crippen LogP contribution in [0.5, 0.6) is 0 Å². The third kappa shape index (κ3) is 3.29. The van der Waals surface area contributed by atoms with Crippen LogP contribution in [-0.4, -0.2) is 30.7 Å². The van der Waals surface area contributed by atoms with E-state index in [-0.39, 0.29) is 12.2 Å². The van der Waals surface area contributed by atoms with Crippen LogP contribution in [0, 0.1) is 0 Å². The molecule has 3 nitrogen and oxygen atoms in total. The van der Waals surface area contributed by atoms with Crippen molar-refractivity contribution in [3.8, 4) is 0 Å². The number of rotatable bonds is 5. The minimum Gasteiger partial charge on any atom is -0.378 e. The molecular formula is C13H22O3. The molecule has 0 bridgehead atoms. The van der Waals surface area contributed by atoms with Gasteiger partial charge in [0.2, 0.25) is 0 Å². The van der Waals surface area contributed by atoms with E-state index >= 15 is 0 Å². The summed E-state index contributed by atoms with van der Waals surface area (Å²) < 4.78 is 11.1. The number of carbonyl (C=O) groups excluding carboxylic acids is 1. The lowest BCUT2D eigenvalue weighted by atomic mass is 10.0. The highest BCUT2D eigenvalue weighted by Crippen LogP contribution is 2.22. The summed E-state index contributed by atoms with van der Waals surface area (Å²) in [6.45, 7) is 2.95. The number of hydrogen-bond donors (Lipinski definition) is 0. The summed E-state index contributed by atoms with van der Waals surface area (Å²) in [6, 6.07) is 0. The topological polar surface area (TPSA) is 35.5 Å². The molecule has 0 N–H and O–H groups in total.